The summed E-state index contributed by atoms with van der Waals surface area (Å²) < 4.78 is 37.0. The van der Waals surface area contributed by atoms with Gasteiger partial charge in [-0.2, -0.15) is 0 Å². The Morgan fingerprint density at radius 3 is 2.31 bits per heavy atom. The molecule has 0 amide bonds. The molecule has 1 N–H and O–H groups in total. The normalized spacial score (nSPS) is 30.1. The molecule has 2 heterocycles. The molecule has 0 aliphatic carbocycles. The second-order valence-corrected chi connectivity index (χ2v) is 6.44. The van der Waals surface area contributed by atoms with E-state index in [0.29, 0.717) is 24.9 Å². The third-order valence-electron chi connectivity index (χ3n) is 3.29. The van der Waals surface area contributed by atoms with Crippen molar-refractivity contribution >= 4 is 22.4 Å². The molecule has 0 aromatic carbocycles. The number of rotatable bonds is 4. The third-order valence-corrected chi connectivity index (χ3v) is 5.17. The molecule has 2 saturated heterocycles. The summed E-state index contributed by atoms with van der Waals surface area (Å²) in [4.78, 5) is 0. The predicted octanol–water partition coefficient (Wildman–Crippen LogP) is 0.249. The lowest BCUT2D eigenvalue weighted by Gasteiger charge is -2.16. The number of hydrogen-bond acceptors (Lipinski definition) is 3. The molecule has 0 aromatic rings. The molecule has 2 fully saturated rings. The van der Waals surface area contributed by atoms with Crippen LogP contribution in [0.1, 0.15) is 6.42 Å². The van der Waals surface area contributed by atoms with E-state index < -0.39 is 16.7 Å². The third kappa shape index (κ3) is 2.85. The Bertz CT molecular complexity index is 313. The topological polar surface area (TPSA) is 49.4 Å². The molecule has 0 saturated carbocycles. The van der Waals surface area contributed by atoms with Gasteiger partial charge in [0.15, 0.2) is 0 Å². The van der Waals surface area contributed by atoms with Crippen LogP contribution in [0.2, 0.25) is 0 Å². The average Bonchev–Trinajstić information content (AvgIpc) is 2.73. The van der Waals surface area contributed by atoms with E-state index in [0.717, 1.165) is 13.1 Å². The van der Waals surface area contributed by atoms with Crippen molar-refractivity contribution in [2.24, 2.45) is 11.8 Å². The van der Waals surface area contributed by atoms with Crippen molar-refractivity contribution in [3.05, 3.63) is 0 Å². The highest BCUT2D eigenvalue weighted by Crippen LogP contribution is 2.28. The van der Waals surface area contributed by atoms with E-state index >= 15 is 0 Å². The quantitative estimate of drug-likeness (QED) is 0.798. The van der Waals surface area contributed by atoms with Crippen LogP contribution in [0.4, 0.5) is 4.39 Å². The number of nitrogens with zero attached hydrogens (tertiary/aromatic N) is 1. The second-order valence-electron chi connectivity index (χ2n) is 4.35. The number of alkyl halides is 1. The average molecular weight is 273 g/mol. The van der Waals surface area contributed by atoms with Crippen molar-refractivity contribution in [3.8, 4) is 0 Å². The van der Waals surface area contributed by atoms with Crippen LogP contribution < -0.4 is 5.32 Å². The molecule has 2 aliphatic rings. The Morgan fingerprint density at radius 1 is 1.25 bits per heavy atom. The summed E-state index contributed by atoms with van der Waals surface area (Å²) in [5.74, 6) is 0.881. The number of halogens is 2. The van der Waals surface area contributed by atoms with Crippen molar-refractivity contribution in [3.63, 3.8) is 0 Å². The van der Waals surface area contributed by atoms with Gasteiger partial charge >= 0.3 is 0 Å². The maximum atomic E-state index is 11.9. The van der Waals surface area contributed by atoms with Crippen LogP contribution in [-0.4, -0.2) is 51.3 Å². The van der Waals surface area contributed by atoms with Crippen molar-refractivity contribution in [2.75, 3.05) is 38.6 Å². The zero-order valence-corrected chi connectivity index (χ0v) is 10.7. The minimum Gasteiger partial charge on any atom is -0.316 e. The summed E-state index contributed by atoms with van der Waals surface area (Å²) in [5.41, 5.74) is 0. The van der Waals surface area contributed by atoms with Crippen LogP contribution in [0, 0.1) is 11.8 Å². The van der Waals surface area contributed by atoms with E-state index in [1.54, 1.807) is 4.31 Å². The van der Waals surface area contributed by atoms with Gasteiger partial charge in [0.2, 0.25) is 10.0 Å². The van der Waals surface area contributed by atoms with Gasteiger partial charge in [-0.3, -0.25) is 4.39 Å². The molecule has 2 atom stereocenters. The van der Waals surface area contributed by atoms with E-state index in [-0.39, 0.29) is 24.6 Å². The van der Waals surface area contributed by atoms with Crippen molar-refractivity contribution in [2.45, 2.75) is 6.42 Å². The maximum absolute atomic E-state index is 11.9. The number of hydrogen-bond donors (Lipinski definition) is 1. The van der Waals surface area contributed by atoms with Gasteiger partial charge in [-0.05, 0) is 31.3 Å². The molecule has 0 spiro atoms. The predicted molar refractivity (Wildman–Crippen MR) is 63.0 cm³/mol. The minimum absolute atomic E-state index is 0. The number of nitrogens with one attached hydrogen (secondary N) is 1. The van der Waals surface area contributed by atoms with Gasteiger partial charge in [-0.15, -0.1) is 12.4 Å². The molecule has 16 heavy (non-hydrogen) atoms. The van der Waals surface area contributed by atoms with E-state index in [4.69, 9.17) is 0 Å². The van der Waals surface area contributed by atoms with Gasteiger partial charge in [0, 0.05) is 13.1 Å². The molecule has 0 aromatic heterocycles. The van der Waals surface area contributed by atoms with Gasteiger partial charge in [-0.1, -0.05) is 0 Å². The van der Waals surface area contributed by atoms with Crippen LogP contribution in [-0.2, 0) is 10.0 Å². The Kier molecular flexibility index (Phi) is 4.97. The van der Waals surface area contributed by atoms with E-state index in [1.807, 2.05) is 0 Å². The van der Waals surface area contributed by atoms with Crippen molar-refractivity contribution in [1.82, 2.24) is 9.62 Å². The fraction of sp³-hybridized carbons (Fsp3) is 1.00. The fourth-order valence-electron chi connectivity index (χ4n) is 2.41. The van der Waals surface area contributed by atoms with Crippen molar-refractivity contribution < 1.29 is 12.8 Å². The van der Waals surface area contributed by atoms with E-state index in [2.05, 4.69) is 5.32 Å². The Balaban J connectivity index is 0.00000128. The molecule has 2 rings (SSSR count). The summed E-state index contributed by atoms with van der Waals surface area (Å²) in [6.07, 6.45) is 0.117. The lowest BCUT2D eigenvalue weighted by atomic mass is 10.0. The lowest BCUT2D eigenvalue weighted by Crippen LogP contribution is -2.33. The first-order valence-corrected chi connectivity index (χ1v) is 6.99. The summed E-state index contributed by atoms with van der Waals surface area (Å²) in [6.45, 7) is 2.51. The molecule has 0 radical (unpaired) electrons. The van der Waals surface area contributed by atoms with E-state index in [9.17, 15) is 12.8 Å². The first-order valence-electron chi connectivity index (χ1n) is 5.38. The maximum Gasteiger partial charge on any atom is 0.214 e. The first kappa shape index (κ1) is 14.2. The van der Waals surface area contributed by atoms with Gasteiger partial charge in [0.25, 0.3) is 0 Å². The lowest BCUT2D eigenvalue weighted by molar-refractivity contribution is 0.438. The van der Waals surface area contributed by atoms with Crippen LogP contribution in [0.3, 0.4) is 0 Å². The van der Waals surface area contributed by atoms with Crippen LogP contribution >= 0.6 is 12.4 Å². The SMILES string of the molecule is Cl.O=S(=O)(CCCF)N1C[C@H]2CNC[C@H]2C1. The molecular weight excluding hydrogens is 255 g/mol. The molecule has 7 heteroatoms. The van der Waals surface area contributed by atoms with Crippen LogP contribution in [0.25, 0.3) is 0 Å². The Morgan fingerprint density at radius 2 is 1.81 bits per heavy atom. The second kappa shape index (κ2) is 5.62. The van der Waals surface area contributed by atoms with Gasteiger partial charge in [0.1, 0.15) is 0 Å². The van der Waals surface area contributed by atoms with Gasteiger partial charge in [0.05, 0.1) is 12.4 Å². The molecular formula is C9H18ClFN2O2S. The highest BCUT2D eigenvalue weighted by atomic mass is 35.5. The van der Waals surface area contributed by atoms with E-state index in [1.165, 1.54) is 0 Å². The summed E-state index contributed by atoms with van der Waals surface area (Å²) in [6, 6.07) is 0. The molecule has 0 unspecified atom stereocenters. The zero-order valence-electron chi connectivity index (χ0n) is 9.06. The zero-order chi connectivity index (χ0) is 10.9. The Labute approximate surface area is 102 Å². The minimum atomic E-state index is -3.20. The molecule has 4 nitrogen and oxygen atoms in total. The van der Waals surface area contributed by atoms with Crippen LogP contribution in [0.15, 0.2) is 0 Å². The molecule has 2 aliphatic heterocycles. The highest BCUT2D eigenvalue weighted by Gasteiger charge is 2.40. The summed E-state index contributed by atoms with van der Waals surface area (Å²) in [7, 11) is -3.20. The van der Waals surface area contributed by atoms with Crippen LogP contribution in [0.5, 0.6) is 0 Å². The number of sulfonamides is 1. The number of fused-ring (bicyclic) bond motifs is 1. The fourth-order valence-corrected chi connectivity index (χ4v) is 3.97. The van der Waals surface area contributed by atoms with Crippen molar-refractivity contribution in [1.29, 1.82) is 0 Å². The first-order chi connectivity index (χ1) is 7.13. The van der Waals surface area contributed by atoms with Gasteiger partial charge < -0.3 is 5.32 Å². The largest absolute Gasteiger partial charge is 0.316 e. The van der Waals surface area contributed by atoms with Gasteiger partial charge in [-0.25, -0.2) is 12.7 Å². The molecule has 0 bridgehead atoms. The summed E-state index contributed by atoms with van der Waals surface area (Å²) in [5, 5.41) is 3.26. The Hall–Kier alpha value is 0.0900. The monoisotopic (exact) mass is 272 g/mol. The smallest absolute Gasteiger partial charge is 0.214 e. The highest BCUT2D eigenvalue weighted by molar-refractivity contribution is 7.89. The summed E-state index contributed by atoms with van der Waals surface area (Å²) >= 11 is 0. The molecule has 96 valence electrons. The standard InChI is InChI=1S/C9H17FN2O2S.ClH/c10-2-1-3-15(13,14)12-6-8-4-11-5-9(8)7-12;/h8-9,11H,1-7H2;1H/t8-,9+;.